The predicted octanol–water partition coefficient (Wildman–Crippen LogP) is 3.42. The van der Waals surface area contributed by atoms with E-state index in [9.17, 15) is 4.79 Å². The summed E-state index contributed by atoms with van der Waals surface area (Å²) in [5.41, 5.74) is 3.93. The van der Waals surface area contributed by atoms with Crippen LogP contribution in [0.3, 0.4) is 0 Å². The van der Waals surface area contributed by atoms with Gasteiger partial charge in [-0.2, -0.15) is 0 Å². The SMILES string of the molecule is O=C1NC2(CCCCCC2)NN1c1ccc(Cl)cc1. The molecule has 0 atom stereocenters. The first-order valence-electron chi connectivity index (χ1n) is 6.84. The van der Waals surface area contributed by atoms with Crippen LogP contribution in [0.5, 0.6) is 0 Å². The van der Waals surface area contributed by atoms with Crippen molar-refractivity contribution in [3.63, 3.8) is 0 Å². The molecule has 2 amide bonds. The predicted molar refractivity (Wildman–Crippen MR) is 76.0 cm³/mol. The average molecular weight is 280 g/mol. The normalized spacial score (nSPS) is 22.4. The van der Waals surface area contributed by atoms with Gasteiger partial charge in [-0.15, -0.1) is 0 Å². The Balaban J connectivity index is 1.81. The Hall–Kier alpha value is -1.26. The largest absolute Gasteiger partial charge is 0.338 e. The lowest BCUT2D eigenvalue weighted by atomic mass is 10.0. The second kappa shape index (κ2) is 5.02. The van der Waals surface area contributed by atoms with E-state index in [0.29, 0.717) is 5.02 Å². The molecule has 102 valence electrons. The molecule has 19 heavy (non-hydrogen) atoms. The topological polar surface area (TPSA) is 44.4 Å². The van der Waals surface area contributed by atoms with E-state index >= 15 is 0 Å². The van der Waals surface area contributed by atoms with Crippen molar-refractivity contribution in [3.8, 4) is 0 Å². The van der Waals surface area contributed by atoms with E-state index in [1.54, 1.807) is 17.1 Å². The first-order valence-corrected chi connectivity index (χ1v) is 7.22. The molecule has 0 unspecified atom stereocenters. The summed E-state index contributed by atoms with van der Waals surface area (Å²) in [4.78, 5) is 12.2. The highest BCUT2D eigenvalue weighted by Gasteiger charge is 2.42. The molecule has 2 fully saturated rings. The number of rotatable bonds is 1. The van der Waals surface area contributed by atoms with Gasteiger partial charge in [0.05, 0.1) is 5.69 Å². The zero-order valence-corrected chi connectivity index (χ0v) is 11.5. The fraction of sp³-hybridized carbons (Fsp3) is 0.500. The quantitative estimate of drug-likeness (QED) is 0.827. The van der Waals surface area contributed by atoms with Crippen molar-refractivity contribution in [3.05, 3.63) is 29.3 Å². The first kappa shape index (κ1) is 12.8. The number of hydrogen-bond donors (Lipinski definition) is 2. The number of carbonyl (C=O) groups excluding carboxylic acids is 1. The summed E-state index contributed by atoms with van der Waals surface area (Å²) in [5, 5.41) is 5.39. The number of benzene rings is 1. The van der Waals surface area contributed by atoms with Gasteiger partial charge < -0.3 is 5.32 Å². The molecule has 0 radical (unpaired) electrons. The lowest BCUT2D eigenvalue weighted by Gasteiger charge is -2.28. The van der Waals surface area contributed by atoms with Crippen LogP contribution in [0, 0.1) is 0 Å². The summed E-state index contributed by atoms with van der Waals surface area (Å²) in [6, 6.07) is 7.22. The summed E-state index contributed by atoms with van der Waals surface area (Å²) < 4.78 is 0. The Morgan fingerprint density at radius 3 is 2.32 bits per heavy atom. The van der Waals surface area contributed by atoms with Crippen LogP contribution in [0.2, 0.25) is 5.02 Å². The fourth-order valence-electron chi connectivity index (χ4n) is 2.89. The molecule has 1 spiro atoms. The van der Waals surface area contributed by atoms with Gasteiger partial charge in [0.15, 0.2) is 0 Å². The Kier molecular flexibility index (Phi) is 3.37. The van der Waals surface area contributed by atoms with E-state index in [2.05, 4.69) is 10.7 Å². The molecule has 1 saturated heterocycles. The third-order valence-electron chi connectivity index (χ3n) is 3.92. The number of amides is 2. The Bertz CT molecular complexity index is 466. The highest BCUT2D eigenvalue weighted by molar-refractivity contribution is 6.30. The third-order valence-corrected chi connectivity index (χ3v) is 4.17. The highest BCUT2D eigenvalue weighted by Crippen LogP contribution is 2.30. The van der Waals surface area contributed by atoms with Gasteiger partial charge >= 0.3 is 6.03 Å². The van der Waals surface area contributed by atoms with Gasteiger partial charge in [-0.05, 0) is 49.9 Å². The van der Waals surface area contributed by atoms with Crippen molar-refractivity contribution in [2.75, 3.05) is 5.01 Å². The second-order valence-electron chi connectivity index (χ2n) is 5.35. The van der Waals surface area contributed by atoms with Gasteiger partial charge in [-0.3, -0.25) is 0 Å². The van der Waals surface area contributed by atoms with Crippen LogP contribution >= 0.6 is 11.6 Å². The molecule has 5 heteroatoms. The first-order chi connectivity index (χ1) is 9.19. The lowest BCUT2D eigenvalue weighted by Crippen LogP contribution is -2.50. The molecular formula is C14H18ClN3O. The van der Waals surface area contributed by atoms with E-state index in [-0.39, 0.29) is 11.7 Å². The minimum absolute atomic E-state index is 0.0794. The van der Waals surface area contributed by atoms with Crippen LogP contribution in [-0.4, -0.2) is 11.7 Å². The van der Waals surface area contributed by atoms with Crippen molar-refractivity contribution in [2.45, 2.75) is 44.2 Å². The van der Waals surface area contributed by atoms with Gasteiger partial charge in [0.25, 0.3) is 0 Å². The number of hydrogen-bond acceptors (Lipinski definition) is 2. The molecule has 1 aromatic carbocycles. The minimum Gasteiger partial charge on any atom is -0.317 e. The summed E-state index contributed by atoms with van der Waals surface area (Å²) in [5.74, 6) is 0. The molecule has 4 nitrogen and oxygen atoms in total. The van der Waals surface area contributed by atoms with Crippen molar-refractivity contribution < 1.29 is 4.79 Å². The van der Waals surface area contributed by atoms with Gasteiger partial charge in [0.1, 0.15) is 5.66 Å². The Morgan fingerprint density at radius 2 is 1.68 bits per heavy atom. The maximum Gasteiger partial charge on any atom is 0.338 e. The molecule has 2 N–H and O–H groups in total. The number of hydrazine groups is 1. The molecule has 0 aromatic heterocycles. The second-order valence-corrected chi connectivity index (χ2v) is 5.79. The number of halogens is 1. The summed E-state index contributed by atoms with van der Waals surface area (Å²) in [6.45, 7) is 0. The van der Waals surface area contributed by atoms with Crippen molar-refractivity contribution >= 4 is 23.3 Å². The molecule has 0 bridgehead atoms. The van der Waals surface area contributed by atoms with Gasteiger partial charge in [0, 0.05) is 5.02 Å². The average Bonchev–Trinajstić information content (AvgIpc) is 2.58. The summed E-state index contributed by atoms with van der Waals surface area (Å²) in [6.07, 6.45) is 6.79. The molecule has 1 aromatic rings. The van der Waals surface area contributed by atoms with Crippen LogP contribution in [0.25, 0.3) is 0 Å². The van der Waals surface area contributed by atoms with Crippen molar-refractivity contribution in [1.29, 1.82) is 0 Å². The lowest BCUT2D eigenvalue weighted by molar-refractivity contribution is 0.241. The van der Waals surface area contributed by atoms with E-state index in [0.717, 1.165) is 31.4 Å². The number of urea groups is 1. The smallest absolute Gasteiger partial charge is 0.317 e. The van der Waals surface area contributed by atoms with Crippen LogP contribution in [0.15, 0.2) is 24.3 Å². The maximum atomic E-state index is 12.2. The molecule has 1 aliphatic heterocycles. The Labute approximate surface area is 118 Å². The fourth-order valence-corrected chi connectivity index (χ4v) is 3.02. The van der Waals surface area contributed by atoms with Gasteiger partial charge in [-0.1, -0.05) is 24.4 Å². The van der Waals surface area contributed by atoms with Crippen LogP contribution in [0.1, 0.15) is 38.5 Å². The summed E-state index contributed by atoms with van der Waals surface area (Å²) >= 11 is 5.88. The zero-order valence-electron chi connectivity index (χ0n) is 10.8. The number of carbonyl (C=O) groups is 1. The molecule has 1 aliphatic carbocycles. The maximum absolute atomic E-state index is 12.2. The van der Waals surface area contributed by atoms with Crippen LogP contribution in [-0.2, 0) is 0 Å². The number of anilines is 1. The van der Waals surface area contributed by atoms with Crippen molar-refractivity contribution in [2.24, 2.45) is 0 Å². The molecule has 2 aliphatic rings. The molecule has 1 heterocycles. The standard InChI is InChI=1S/C14H18ClN3O/c15-11-5-7-12(8-6-11)18-13(19)16-14(17-18)9-3-1-2-4-10-14/h5-8,17H,1-4,9-10H2,(H,16,19). The van der Waals surface area contributed by atoms with E-state index < -0.39 is 0 Å². The number of nitrogens with one attached hydrogen (secondary N) is 2. The third kappa shape index (κ3) is 2.55. The minimum atomic E-state index is -0.257. The van der Waals surface area contributed by atoms with E-state index in [4.69, 9.17) is 11.6 Å². The van der Waals surface area contributed by atoms with Gasteiger partial charge in [-0.25, -0.2) is 15.2 Å². The van der Waals surface area contributed by atoms with E-state index in [1.807, 2.05) is 12.1 Å². The highest BCUT2D eigenvalue weighted by atomic mass is 35.5. The molecule has 1 saturated carbocycles. The van der Waals surface area contributed by atoms with Gasteiger partial charge in [0.2, 0.25) is 0 Å². The molecule has 3 rings (SSSR count). The Morgan fingerprint density at radius 1 is 1.05 bits per heavy atom. The van der Waals surface area contributed by atoms with Crippen molar-refractivity contribution in [1.82, 2.24) is 10.7 Å². The zero-order chi connectivity index (χ0) is 13.3. The number of nitrogens with zero attached hydrogens (tertiary/aromatic N) is 1. The van der Waals surface area contributed by atoms with E-state index in [1.165, 1.54) is 12.8 Å². The van der Waals surface area contributed by atoms with Crippen LogP contribution < -0.4 is 15.8 Å². The van der Waals surface area contributed by atoms with Crippen LogP contribution in [0.4, 0.5) is 10.5 Å². The monoisotopic (exact) mass is 279 g/mol. The molecular weight excluding hydrogens is 262 g/mol. The summed E-state index contributed by atoms with van der Waals surface area (Å²) in [7, 11) is 0.